The van der Waals surface area contributed by atoms with Gasteiger partial charge in [-0.2, -0.15) is 0 Å². The van der Waals surface area contributed by atoms with Gasteiger partial charge in [0.15, 0.2) is 0 Å². The Labute approximate surface area is 254 Å². The van der Waals surface area contributed by atoms with Crippen LogP contribution >= 0.6 is 0 Å². The first-order valence-corrected chi connectivity index (χ1v) is 16.5. The van der Waals surface area contributed by atoms with Crippen LogP contribution in [0.25, 0.3) is 0 Å². The molecule has 12 atom stereocenters. The third-order valence-corrected chi connectivity index (χ3v) is 9.27. The zero-order valence-corrected chi connectivity index (χ0v) is 29.2. The highest BCUT2D eigenvalue weighted by Gasteiger charge is 2.28. The van der Waals surface area contributed by atoms with Crippen LogP contribution in [0.2, 0.25) is 0 Å². The summed E-state index contributed by atoms with van der Waals surface area (Å²) in [6.07, 6.45) is 12.8. The van der Waals surface area contributed by atoms with Crippen molar-refractivity contribution in [2.45, 2.75) is 180 Å². The first kappa shape index (κ1) is 38.7. The quantitative estimate of drug-likeness (QED) is 0.475. The minimum absolute atomic E-state index is 0.258. The second-order valence-corrected chi connectivity index (χ2v) is 13.5. The van der Waals surface area contributed by atoms with Gasteiger partial charge in [-0.15, -0.1) is 0 Å². The molecule has 0 bridgehead atoms. The lowest BCUT2D eigenvalue weighted by Gasteiger charge is -2.37. The normalized spacial score (nSPS) is 41.3. The van der Waals surface area contributed by atoms with Gasteiger partial charge < -0.3 is 39.8 Å². The number of rotatable bonds is 3. The summed E-state index contributed by atoms with van der Waals surface area (Å²) in [5.74, 6) is 0. The maximum Gasteiger partial charge on any atom is 0.0705 e. The molecule has 4 aliphatic rings. The van der Waals surface area contributed by atoms with E-state index in [-0.39, 0.29) is 12.1 Å². The summed E-state index contributed by atoms with van der Waals surface area (Å²) in [6.45, 7) is 17.1. The maximum absolute atomic E-state index is 5.72. The molecule has 0 unspecified atom stereocenters. The lowest BCUT2D eigenvalue weighted by Crippen LogP contribution is -2.44. The predicted octanol–water partition coefficient (Wildman–Crippen LogP) is 5.07. The van der Waals surface area contributed by atoms with E-state index >= 15 is 0 Å². The van der Waals surface area contributed by atoms with Crippen LogP contribution in [0.3, 0.4) is 0 Å². The molecule has 0 spiro atoms. The molecule has 246 valence electrons. The van der Waals surface area contributed by atoms with Crippen LogP contribution in [0.15, 0.2) is 0 Å². The summed E-state index contributed by atoms with van der Waals surface area (Å²) in [6, 6.07) is 2.06. The highest BCUT2D eigenvalue weighted by molar-refractivity contribution is 4.81. The Hall–Kier alpha value is -0.320. The Bertz CT molecular complexity index is 639. The standard InChI is InChI=1S/2C9H19NO.C8H17NO.C7H15NO/c2*1-7-5-6-9(10(3)4)8(2)11-7;1-6-4-5-8(9-3)7(2)10-6;1-5-3-4-7(8)6(2)9-5/h2*7-9H,5-6H2,1-4H3;6-9H,4-5H2,1-3H3;5-7H,3-4,8H2,1-2H3/t2*7-,8+,9-;6-,7+,8-;5-,6+,7-/m0000/s1. The molecule has 0 aromatic rings. The molecule has 3 N–H and O–H groups in total. The van der Waals surface area contributed by atoms with E-state index in [9.17, 15) is 0 Å². The largest absolute Gasteiger partial charge is 0.374 e. The van der Waals surface area contributed by atoms with Gasteiger partial charge in [-0.3, -0.25) is 0 Å². The lowest BCUT2D eigenvalue weighted by molar-refractivity contribution is -0.0723. The Morgan fingerprint density at radius 1 is 0.488 bits per heavy atom. The van der Waals surface area contributed by atoms with Crippen LogP contribution in [-0.4, -0.2) is 118 Å². The van der Waals surface area contributed by atoms with Crippen LogP contribution in [0, 0.1) is 0 Å². The van der Waals surface area contributed by atoms with E-state index in [2.05, 4.69) is 91.8 Å². The van der Waals surface area contributed by atoms with E-state index in [1.54, 1.807) is 0 Å². The average Bonchev–Trinajstić information content (AvgIpc) is 2.87. The molecule has 8 nitrogen and oxygen atoms in total. The molecule has 8 heteroatoms. The van der Waals surface area contributed by atoms with Crippen LogP contribution in [0.4, 0.5) is 0 Å². The van der Waals surface area contributed by atoms with Crippen molar-refractivity contribution >= 4 is 0 Å². The first-order chi connectivity index (χ1) is 19.2. The Morgan fingerprint density at radius 3 is 1.12 bits per heavy atom. The zero-order chi connectivity index (χ0) is 31.3. The van der Waals surface area contributed by atoms with E-state index in [1.807, 2.05) is 14.0 Å². The summed E-state index contributed by atoms with van der Waals surface area (Å²) >= 11 is 0. The fourth-order valence-corrected chi connectivity index (χ4v) is 6.44. The van der Waals surface area contributed by atoms with Crippen molar-refractivity contribution in [1.29, 1.82) is 0 Å². The number of ether oxygens (including phenoxy) is 4. The van der Waals surface area contributed by atoms with E-state index < -0.39 is 0 Å². The molecule has 0 radical (unpaired) electrons. The molecular weight excluding hydrogens is 516 g/mol. The molecule has 4 aliphatic heterocycles. The fraction of sp³-hybridized carbons (Fsp3) is 1.00. The van der Waals surface area contributed by atoms with Gasteiger partial charge in [-0.05, 0) is 142 Å². The topological polar surface area (TPSA) is 81.5 Å². The molecule has 0 aromatic heterocycles. The maximum atomic E-state index is 5.72. The minimum Gasteiger partial charge on any atom is -0.374 e. The van der Waals surface area contributed by atoms with Gasteiger partial charge in [0.25, 0.3) is 0 Å². The Kier molecular flexibility index (Phi) is 18.7. The van der Waals surface area contributed by atoms with Crippen molar-refractivity contribution in [1.82, 2.24) is 15.1 Å². The molecule has 4 saturated heterocycles. The molecule has 4 heterocycles. The first-order valence-electron chi connectivity index (χ1n) is 16.5. The molecular formula is C33H70N4O4. The van der Waals surface area contributed by atoms with Gasteiger partial charge >= 0.3 is 0 Å². The molecule has 0 amide bonds. The monoisotopic (exact) mass is 587 g/mol. The SMILES string of the molecule is CN[C@H]1CC[C@H](C)O[C@@H]1C.C[C@H]1CC[C@H](N(C)C)[C@@H](C)O1.C[C@H]1CC[C@H](N(C)C)[C@@H](C)O1.C[C@H]1CC[C@H](N)[C@@H](C)O1. The molecule has 0 aromatic carbocycles. The van der Waals surface area contributed by atoms with Gasteiger partial charge in [0, 0.05) is 24.2 Å². The van der Waals surface area contributed by atoms with Crippen molar-refractivity contribution in [3.05, 3.63) is 0 Å². The fourth-order valence-electron chi connectivity index (χ4n) is 6.44. The third kappa shape index (κ3) is 14.8. The van der Waals surface area contributed by atoms with Crippen LogP contribution in [-0.2, 0) is 18.9 Å². The van der Waals surface area contributed by atoms with E-state index in [1.165, 1.54) is 38.5 Å². The second kappa shape index (κ2) is 19.9. The number of hydrogen-bond donors (Lipinski definition) is 2. The van der Waals surface area contributed by atoms with Crippen molar-refractivity contribution in [2.24, 2.45) is 5.73 Å². The third-order valence-electron chi connectivity index (χ3n) is 9.27. The van der Waals surface area contributed by atoms with Crippen molar-refractivity contribution < 1.29 is 18.9 Å². The molecule has 4 fully saturated rings. The molecule has 0 saturated carbocycles. The average molecular weight is 587 g/mol. The second-order valence-electron chi connectivity index (χ2n) is 13.5. The number of nitrogens with two attached hydrogens (primary N) is 1. The van der Waals surface area contributed by atoms with E-state index in [4.69, 9.17) is 24.7 Å². The van der Waals surface area contributed by atoms with E-state index in [0.29, 0.717) is 60.9 Å². The zero-order valence-electron chi connectivity index (χ0n) is 29.2. The molecule has 4 rings (SSSR count). The highest BCUT2D eigenvalue weighted by atomic mass is 16.5. The van der Waals surface area contributed by atoms with Crippen molar-refractivity contribution in [2.75, 3.05) is 35.2 Å². The Morgan fingerprint density at radius 2 is 0.829 bits per heavy atom. The predicted molar refractivity (Wildman–Crippen MR) is 173 cm³/mol. The Balaban J connectivity index is 0.000000274. The lowest BCUT2D eigenvalue weighted by atomic mass is 9.99. The van der Waals surface area contributed by atoms with Gasteiger partial charge in [0.05, 0.1) is 48.8 Å². The highest BCUT2D eigenvalue weighted by Crippen LogP contribution is 2.23. The van der Waals surface area contributed by atoms with Crippen LogP contribution in [0.5, 0.6) is 0 Å². The van der Waals surface area contributed by atoms with Crippen molar-refractivity contribution in [3.63, 3.8) is 0 Å². The molecule has 0 aliphatic carbocycles. The number of nitrogens with one attached hydrogen (secondary N) is 1. The number of hydrogen-bond acceptors (Lipinski definition) is 8. The van der Waals surface area contributed by atoms with Crippen LogP contribution < -0.4 is 11.1 Å². The van der Waals surface area contributed by atoms with Crippen molar-refractivity contribution in [3.8, 4) is 0 Å². The number of nitrogens with zero attached hydrogens (tertiary/aromatic N) is 2. The van der Waals surface area contributed by atoms with Gasteiger partial charge in [0.1, 0.15) is 0 Å². The smallest absolute Gasteiger partial charge is 0.0705 e. The van der Waals surface area contributed by atoms with E-state index in [0.717, 1.165) is 12.8 Å². The number of likely N-dealkylation sites (N-methyl/N-ethyl adjacent to an activating group) is 3. The van der Waals surface area contributed by atoms with Gasteiger partial charge in [-0.1, -0.05) is 0 Å². The summed E-state index contributed by atoms with van der Waals surface area (Å²) in [5, 5.41) is 3.25. The summed E-state index contributed by atoms with van der Waals surface area (Å²) in [5.41, 5.74) is 5.72. The summed E-state index contributed by atoms with van der Waals surface area (Å²) in [4.78, 5) is 4.52. The van der Waals surface area contributed by atoms with Gasteiger partial charge in [0.2, 0.25) is 0 Å². The van der Waals surface area contributed by atoms with Gasteiger partial charge in [-0.25, -0.2) is 0 Å². The minimum atomic E-state index is 0.258. The summed E-state index contributed by atoms with van der Waals surface area (Å²) < 4.78 is 22.5. The van der Waals surface area contributed by atoms with Crippen LogP contribution in [0.1, 0.15) is 107 Å². The summed E-state index contributed by atoms with van der Waals surface area (Å²) in [7, 11) is 10.5. The molecule has 41 heavy (non-hydrogen) atoms.